The van der Waals surface area contributed by atoms with E-state index in [-0.39, 0.29) is 11.1 Å². The van der Waals surface area contributed by atoms with E-state index in [2.05, 4.69) is 0 Å². The lowest BCUT2D eigenvalue weighted by atomic mass is 9.98. The monoisotopic (exact) mass is 381 g/mol. The summed E-state index contributed by atoms with van der Waals surface area (Å²) in [5, 5.41) is 0.644. The van der Waals surface area contributed by atoms with Gasteiger partial charge in [0.15, 0.2) is 5.78 Å². The van der Waals surface area contributed by atoms with Crippen molar-refractivity contribution in [1.29, 1.82) is 0 Å². The predicted molar refractivity (Wildman–Crippen MR) is 97.9 cm³/mol. The van der Waals surface area contributed by atoms with E-state index in [1.165, 1.54) is 14.0 Å². The number of nitrogens with zero attached hydrogens (tertiary/aromatic N) is 1. The molecule has 25 heavy (non-hydrogen) atoms. The molecule has 1 aromatic heterocycles. The van der Waals surface area contributed by atoms with Crippen molar-refractivity contribution in [3.8, 4) is 11.3 Å². The van der Waals surface area contributed by atoms with Crippen molar-refractivity contribution in [2.75, 3.05) is 7.11 Å². The van der Waals surface area contributed by atoms with E-state index < -0.39 is 17.2 Å². The van der Waals surface area contributed by atoms with Crippen LogP contribution in [0.3, 0.4) is 0 Å². The quantitative estimate of drug-likeness (QED) is 0.589. The van der Waals surface area contributed by atoms with Gasteiger partial charge in [0, 0.05) is 17.8 Å². The summed E-state index contributed by atoms with van der Waals surface area (Å²) in [4.78, 5) is 37.1. The summed E-state index contributed by atoms with van der Waals surface area (Å²) in [5.41, 5.74) is 0.494. The molecule has 1 heterocycles. The third-order valence-corrected chi connectivity index (χ3v) is 4.72. The number of benzene rings is 1. The Bertz CT molecular complexity index is 932. The Labute approximate surface area is 155 Å². The van der Waals surface area contributed by atoms with Crippen molar-refractivity contribution in [2.24, 2.45) is 0 Å². The molecule has 0 radical (unpaired) electrons. The minimum absolute atomic E-state index is 0.0222. The lowest BCUT2D eigenvalue weighted by molar-refractivity contribution is 0.0599. The summed E-state index contributed by atoms with van der Waals surface area (Å²) in [7, 11) is 1.18. The topological polar surface area (TPSA) is 65.4 Å². The molecule has 1 aromatic carbocycles. The van der Waals surface area contributed by atoms with Gasteiger partial charge in [0.25, 0.3) is 0 Å². The second-order valence-corrected chi connectivity index (χ2v) is 6.25. The molecule has 0 spiro atoms. The average Bonchev–Trinajstić information content (AvgIpc) is 2.56. The molecule has 2 aromatic rings. The Morgan fingerprint density at radius 1 is 1.16 bits per heavy atom. The van der Waals surface area contributed by atoms with Crippen molar-refractivity contribution >= 4 is 35.0 Å². The molecule has 0 aliphatic carbocycles. The summed E-state index contributed by atoms with van der Waals surface area (Å²) in [6.45, 7) is 5.25. The van der Waals surface area contributed by atoms with Crippen LogP contribution in [0, 0.1) is 6.92 Å². The van der Waals surface area contributed by atoms with Crippen LogP contribution in [0.15, 0.2) is 23.0 Å². The van der Waals surface area contributed by atoms with Crippen LogP contribution in [-0.2, 0) is 11.3 Å². The van der Waals surface area contributed by atoms with E-state index in [1.54, 1.807) is 29.7 Å². The Kier molecular flexibility index (Phi) is 5.70. The zero-order chi connectivity index (χ0) is 18.9. The number of hydrogen-bond acceptors (Lipinski definition) is 4. The average molecular weight is 382 g/mol. The number of pyridine rings is 1. The molecule has 0 fully saturated rings. The number of esters is 1. The minimum atomic E-state index is -0.809. The number of carbonyl (C=O) groups excluding carboxylic acids is 2. The Morgan fingerprint density at radius 3 is 2.28 bits per heavy atom. The van der Waals surface area contributed by atoms with Gasteiger partial charge in [0.1, 0.15) is 5.56 Å². The normalized spacial score (nSPS) is 10.6. The molecule has 7 heteroatoms. The van der Waals surface area contributed by atoms with Crippen molar-refractivity contribution in [2.45, 2.75) is 27.3 Å². The fourth-order valence-electron chi connectivity index (χ4n) is 2.88. The Hall–Kier alpha value is -2.11. The van der Waals surface area contributed by atoms with Gasteiger partial charge in [0.05, 0.1) is 28.4 Å². The van der Waals surface area contributed by atoms with E-state index in [1.807, 2.05) is 6.92 Å². The van der Waals surface area contributed by atoms with Crippen molar-refractivity contribution in [1.82, 2.24) is 4.57 Å². The molecule has 132 valence electrons. The number of halogens is 2. The van der Waals surface area contributed by atoms with Gasteiger partial charge in [-0.2, -0.15) is 0 Å². The van der Waals surface area contributed by atoms with Gasteiger partial charge < -0.3 is 9.30 Å². The number of aromatic nitrogens is 1. The lowest BCUT2D eigenvalue weighted by Gasteiger charge is -2.20. The fraction of sp³-hybridized carbons (Fsp3) is 0.278. The summed E-state index contributed by atoms with van der Waals surface area (Å²) < 4.78 is 6.51. The van der Waals surface area contributed by atoms with Gasteiger partial charge in [-0.3, -0.25) is 9.59 Å². The van der Waals surface area contributed by atoms with Crippen LogP contribution in [0.1, 0.15) is 40.3 Å². The zero-order valence-electron chi connectivity index (χ0n) is 14.3. The molecule has 2 rings (SSSR count). The maximum absolute atomic E-state index is 12.9. The molecule has 0 N–H and O–H groups in total. The van der Waals surface area contributed by atoms with Gasteiger partial charge in [-0.1, -0.05) is 29.3 Å². The van der Waals surface area contributed by atoms with Crippen LogP contribution in [-0.4, -0.2) is 23.4 Å². The van der Waals surface area contributed by atoms with Crippen LogP contribution >= 0.6 is 23.2 Å². The van der Waals surface area contributed by atoms with E-state index >= 15 is 0 Å². The van der Waals surface area contributed by atoms with Crippen LogP contribution in [0.5, 0.6) is 0 Å². The molecule has 0 unspecified atom stereocenters. The first kappa shape index (κ1) is 19.2. The minimum Gasteiger partial charge on any atom is -0.465 e. The standard InChI is InChI=1S/C18H17Cl2NO4/c1-5-21-9(2)14(10(3)22)17(23)15(18(24)25-4)16(21)11-6-7-12(19)13(20)8-11/h6-8H,5H2,1-4H3. The number of ketones is 1. The summed E-state index contributed by atoms with van der Waals surface area (Å²) in [6, 6.07) is 4.82. The number of ether oxygens (including phenoxy) is 1. The second-order valence-electron chi connectivity index (χ2n) is 5.43. The number of rotatable bonds is 4. The SMILES string of the molecule is CCn1c(C)c(C(C)=O)c(=O)c(C(=O)OC)c1-c1ccc(Cl)c(Cl)c1. The van der Waals surface area contributed by atoms with Gasteiger partial charge >= 0.3 is 5.97 Å². The van der Waals surface area contributed by atoms with E-state index in [0.29, 0.717) is 33.5 Å². The maximum Gasteiger partial charge on any atom is 0.344 e. The Balaban J connectivity index is 3.04. The second kappa shape index (κ2) is 7.42. The molecule has 5 nitrogen and oxygen atoms in total. The molecule has 0 atom stereocenters. The fourth-order valence-corrected chi connectivity index (χ4v) is 3.18. The molecular weight excluding hydrogens is 365 g/mol. The molecule has 0 bridgehead atoms. The van der Waals surface area contributed by atoms with E-state index in [9.17, 15) is 14.4 Å². The summed E-state index contributed by atoms with van der Waals surface area (Å²) in [6.07, 6.45) is 0. The molecule has 0 saturated heterocycles. The third-order valence-electron chi connectivity index (χ3n) is 3.98. The molecular formula is C18H17Cl2NO4. The zero-order valence-corrected chi connectivity index (χ0v) is 15.8. The van der Waals surface area contributed by atoms with E-state index in [0.717, 1.165) is 0 Å². The first-order valence-electron chi connectivity index (χ1n) is 7.56. The number of carbonyl (C=O) groups is 2. The van der Waals surface area contributed by atoms with Crippen molar-refractivity contribution in [3.05, 3.63) is 55.3 Å². The number of Topliss-reactive ketones (excluding diaryl/α,β-unsaturated/α-hetero) is 1. The number of methoxy groups -OCH3 is 1. The van der Waals surface area contributed by atoms with Crippen LogP contribution in [0.25, 0.3) is 11.3 Å². The van der Waals surface area contributed by atoms with Crippen LogP contribution in [0.2, 0.25) is 10.0 Å². The van der Waals surface area contributed by atoms with Gasteiger partial charge in [-0.15, -0.1) is 0 Å². The lowest BCUT2D eigenvalue weighted by Crippen LogP contribution is -2.29. The van der Waals surface area contributed by atoms with Crippen LogP contribution < -0.4 is 5.43 Å². The van der Waals surface area contributed by atoms with Gasteiger partial charge in [0.2, 0.25) is 5.43 Å². The van der Waals surface area contributed by atoms with Gasteiger partial charge in [-0.25, -0.2) is 4.79 Å². The maximum atomic E-state index is 12.9. The highest BCUT2D eigenvalue weighted by Crippen LogP contribution is 2.31. The first-order chi connectivity index (χ1) is 11.7. The molecule has 0 aliphatic heterocycles. The summed E-state index contributed by atoms with van der Waals surface area (Å²) >= 11 is 12.1. The molecule has 0 aliphatic rings. The third kappa shape index (κ3) is 3.34. The smallest absolute Gasteiger partial charge is 0.344 e. The first-order valence-corrected chi connectivity index (χ1v) is 8.32. The molecule has 0 amide bonds. The summed E-state index contributed by atoms with van der Waals surface area (Å²) in [5.74, 6) is -1.22. The largest absolute Gasteiger partial charge is 0.465 e. The highest BCUT2D eigenvalue weighted by Gasteiger charge is 2.27. The van der Waals surface area contributed by atoms with E-state index in [4.69, 9.17) is 27.9 Å². The van der Waals surface area contributed by atoms with Gasteiger partial charge in [-0.05, 0) is 32.9 Å². The number of hydrogen-bond donors (Lipinski definition) is 0. The van der Waals surface area contributed by atoms with Crippen molar-refractivity contribution in [3.63, 3.8) is 0 Å². The highest BCUT2D eigenvalue weighted by molar-refractivity contribution is 6.42. The predicted octanol–water partition coefficient (Wildman–Crippen LogP) is 4.14. The van der Waals surface area contributed by atoms with Crippen molar-refractivity contribution < 1.29 is 14.3 Å². The Morgan fingerprint density at radius 2 is 1.80 bits per heavy atom. The highest BCUT2D eigenvalue weighted by atomic mass is 35.5. The molecule has 0 saturated carbocycles. The van der Waals surface area contributed by atoms with Crippen LogP contribution in [0.4, 0.5) is 0 Å².